The van der Waals surface area contributed by atoms with Gasteiger partial charge < -0.3 is 9.47 Å². The molecule has 0 spiro atoms. The number of carbonyl (C=O) groups excluding carboxylic acids is 3. The van der Waals surface area contributed by atoms with Crippen LogP contribution in [0.3, 0.4) is 0 Å². The van der Waals surface area contributed by atoms with Gasteiger partial charge in [-0.25, -0.2) is 14.6 Å². The number of ether oxygens (including phenoxy) is 2. The molecule has 1 aromatic heterocycles. The van der Waals surface area contributed by atoms with E-state index in [-0.39, 0.29) is 11.5 Å². The molecule has 7 nitrogen and oxygen atoms in total. The number of benzene rings is 3. The molecule has 35 heavy (non-hydrogen) atoms. The van der Waals surface area contributed by atoms with Crippen LogP contribution in [0.5, 0.6) is 0 Å². The monoisotopic (exact) mass is 486 g/mol. The molecule has 0 bridgehead atoms. The third kappa shape index (κ3) is 4.65. The number of para-hydroxylation sites is 1. The van der Waals surface area contributed by atoms with Crippen molar-refractivity contribution in [3.8, 4) is 0 Å². The SMILES string of the molecule is CCN(C(=O)COC(=O)c1ccc2c(c1)CC(c1ccccc1)OC2=O)c1nc2ccccc2s1. The van der Waals surface area contributed by atoms with Crippen LogP contribution in [0.15, 0.2) is 72.8 Å². The minimum Gasteiger partial charge on any atom is -0.454 e. The predicted octanol–water partition coefficient (Wildman–Crippen LogP) is 4.96. The van der Waals surface area contributed by atoms with Crippen molar-refractivity contribution < 1.29 is 23.9 Å². The summed E-state index contributed by atoms with van der Waals surface area (Å²) in [5.41, 5.74) is 3.12. The summed E-state index contributed by atoms with van der Waals surface area (Å²) in [7, 11) is 0. The van der Waals surface area contributed by atoms with Crippen LogP contribution >= 0.6 is 11.3 Å². The summed E-state index contributed by atoms with van der Waals surface area (Å²) in [4.78, 5) is 44.1. The summed E-state index contributed by atoms with van der Waals surface area (Å²) < 4.78 is 11.9. The molecule has 1 aliphatic heterocycles. The zero-order valence-corrected chi connectivity index (χ0v) is 19.8. The van der Waals surface area contributed by atoms with Gasteiger partial charge in [0.1, 0.15) is 6.10 Å². The fraction of sp³-hybridized carbons (Fsp3) is 0.185. The Hall–Kier alpha value is -4.04. The molecule has 0 fully saturated rings. The van der Waals surface area contributed by atoms with Gasteiger partial charge in [-0.2, -0.15) is 0 Å². The lowest BCUT2D eigenvalue weighted by Crippen LogP contribution is -2.34. The van der Waals surface area contributed by atoms with Crippen LogP contribution in [-0.4, -0.2) is 36.0 Å². The van der Waals surface area contributed by atoms with Crippen LogP contribution in [0, 0.1) is 0 Å². The number of amides is 1. The van der Waals surface area contributed by atoms with E-state index in [1.54, 1.807) is 12.1 Å². The van der Waals surface area contributed by atoms with Crippen molar-refractivity contribution in [3.05, 3.63) is 95.1 Å². The summed E-state index contributed by atoms with van der Waals surface area (Å²) in [6.45, 7) is 1.84. The average Bonchev–Trinajstić information content (AvgIpc) is 3.31. The molecular formula is C27H22N2O5S. The van der Waals surface area contributed by atoms with E-state index in [9.17, 15) is 14.4 Å². The first-order chi connectivity index (χ1) is 17.0. The number of rotatable bonds is 6. The van der Waals surface area contributed by atoms with Crippen molar-refractivity contribution in [1.29, 1.82) is 0 Å². The van der Waals surface area contributed by atoms with Crippen LogP contribution in [0.1, 0.15) is 44.9 Å². The molecule has 0 radical (unpaired) electrons. The largest absolute Gasteiger partial charge is 0.454 e. The normalized spacial score (nSPS) is 14.8. The third-order valence-electron chi connectivity index (χ3n) is 5.84. The number of hydrogen-bond acceptors (Lipinski definition) is 7. The highest BCUT2D eigenvalue weighted by Gasteiger charge is 2.28. The van der Waals surface area contributed by atoms with Gasteiger partial charge in [0.15, 0.2) is 11.7 Å². The van der Waals surface area contributed by atoms with Crippen molar-refractivity contribution >= 4 is 44.5 Å². The first-order valence-electron chi connectivity index (χ1n) is 11.3. The molecule has 0 saturated carbocycles. The molecule has 4 aromatic rings. The van der Waals surface area contributed by atoms with E-state index >= 15 is 0 Å². The minimum absolute atomic E-state index is 0.279. The van der Waals surface area contributed by atoms with Gasteiger partial charge in [0.05, 0.1) is 21.3 Å². The van der Waals surface area contributed by atoms with Crippen molar-refractivity contribution in [2.45, 2.75) is 19.4 Å². The Kier molecular flexibility index (Phi) is 6.29. The van der Waals surface area contributed by atoms with E-state index in [0.717, 1.165) is 15.8 Å². The highest BCUT2D eigenvalue weighted by molar-refractivity contribution is 7.22. The lowest BCUT2D eigenvalue weighted by Gasteiger charge is -2.25. The van der Waals surface area contributed by atoms with E-state index in [1.165, 1.54) is 22.3 Å². The van der Waals surface area contributed by atoms with Gasteiger partial charge in [-0.05, 0) is 48.4 Å². The zero-order valence-electron chi connectivity index (χ0n) is 19.0. The van der Waals surface area contributed by atoms with Crippen LogP contribution in [0.4, 0.5) is 5.13 Å². The Balaban J connectivity index is 1.28. The van der Waals surface area contributed by atoms with Crippen molar-refractivity contribution in [2.75, 3.05) is 18.1 Å². The maximum absolute atomic E-state index is 12.8. The molecule has 1 atom stereocenters. The van der Waals surface area contributed by atoms with E-state index < -0.39 is 24.6 Å². The van der Waals surface area contributed by atoms with Crippen molar-refractivity contribution in [3.63, 3.8) is 0 Å². The van der Waals surface area contributed by atoms with Crippen molar-refractivity contribution in [1.82, 2.24) is 4.98 Å². The Morgan fingerprint density at radius 2 is 1.86 bits per heavy atom. The Morgan fingerprint density at radius 3 is 2.63 bits per heavy atom. The highest BCUT2D eigenvalue weighted by atomic mass is 32.1. The van der Waals surface area contributed by atoms with Gasteiger partial charge >= 0.3 is 11.9 Å². The smallest absolute Gasteiger partial charge is 0.339 e. The second kappa shape index (κ2) is 9.68. The zero-order chi connectivity index (χ0) is 24.4. The van der Waals surface area contributed by atoms with Gasteiger partial charge in [0.2, 0.25) is 0 Å². The lowest BCUT2D eigenvalue weighted by molar-refractivity contribution is -0.121. The number of anilines is 1. The maximum atomic E-state index is 12.8. The minimum atomic E-state index is -0.628. The fourth-order valence-electron chi connectivity index (χ4n) is 4.06. The number of aromatic nitrogens is 1. The summed E-state index contributed by atoms with van der Waals surface area (Å²) in [5, 5.41) is 0.564. The average molecular weight is 487 g/mol. The standard InChI is InChI=1S/C27H22N2O5S/c1-2-29(27-28-21-10-6-7-11-23(21)35-27)24(30)16-33-25(31)18-12-13-20-19(14-18)15-22(34-26(20)32)17-8-4-3-5-9-17/h3-14,22H,2,15-16H2,1H3. The van der Waals surface area contributed by atoms with Gasteiger partial charge in [-0.15, -0.1) is 0 Å². The topological polar surface area (TPSA) is 85.8 Å². The summed E-state index contributed by atoms with van der Waals surface area (Å²) >= 11 is 1.41. The number of likely N-dealkylation sites (N-methyl/N-ethyl adjacent to an activating group) is 1. The maximum Gasteiger partial charge on any atom is 0.339 e. The number of cyclic esters (lactones) is 1. The Morgan fingerprint density at radius 1 is 1.09 bits per heavy atom. The second-order valence-corrected chi connectivity index (χ2v) is 9.07. The third-order valence-corrected chi connectivity index (χ3v) is 6.90. The molecule has 8 heteroatoms. The first-order valence-corrected chi connectivity index (χ1v) is 12.1. The van der Waals surface area contributed by atoms with Crippen LogP contribution in [-0.2, 0) is 20.7 Å². The Labute approximate surface area is 205 Å². The van der Waals surface area contributed by atoms with E-state index in [0.29, 0.717) is 29.2 Å². The fourth-order valence-corrected chi connectivity index (χ4v) is 5.11. The van der Waals surface area contributed by atoms with Gasteiger partial charge in [-0.1, -0.05) is 53.8 Å². The van der Waals surface area contributed by atoms with Gasteiger partial charge in [0, 0.05) is 13.0 Å². The number of fused-ring (bicyclic) bond motifs is 2. The van der Waals surface area contributed by atoms with Gasteiger partial charge in [0.25, 0.3) is 5.91 Å². The number of thiazole rings is 1. The predicted molar refractivity (Wildman–Crippen MR) is 133 cm³/mol. The second-order valence-electron chi connectivity index (χ2n) is 8.06. The molecule has 1 amide bonds. The van der Waals surface area contributed by atoms with E-state index in [1.807, 2.05) is 61.5 Å². The first kappa shape index (κ1) is 22.7. The molecular weight excluding hydrogens is 464 g/mol. The molecule has 1 aliphatic rings. The number of hydrogen-bond donors (Lipinski definition) is 0. The van der Waals surface area contributed by atoms with Crippen LogP contribution < -0.4 is 4.90 Å². The molecule has 3 aromatic carbocycles. The van der Waals surface area contributed by atoms with E-state index in [2.05, 4.69) is 4.98 Å². The molecule has 5 rings (SSSR count). The quantitative estimate of drug-likeness (QED) is 0.358. The van der Waals surface area contributed by atoms with Gasteiger partial charge in [-0.3, -0.25) is 9.69 Å². The van der Waals surface area contributed by atoms with E-state index in [4.69, 9.17) is 9.47 Å². The summed E-state index contributed by atoms with van der Waals surface area (Å²) in [6.07, 6.45) is 0.0304. The molecule has 0 N–H and O–H groups in total. The molecule has 176 valence electrons. The molecule has 0 aliphatic carbocycles. The van der Waals surface area contributed by atoms with Crippen molar-refractivity contribution in [2.24, 2.45) is 0 Å². The summed E-state index contributed by atoms with van der Waals surface area (Å²) in [6, 6.07) is 21.8. The number of nitrogens with zero attached hydrogens (tertiary/aromatic N) is 2. The number of esters is 2. The lowest BCUT2D eigenvalue weighted by atomic mass is 9.93. The number of carbonyl (C=O) groups is 3. The molecule has 0 saturated heterocycles. The van der Waals surface area contributed by atoms with Crippen LogP contribution in [0.2, 0.25) is 0 Å². The molecule has 2 heterocycles. The molecule has 1 unspecified atom stereocenters. The highest BCUT2D eigenvalue weighted by Crippen LogP contribution is 2.31. The summed E-state index contributed by atoms with van der Waals surface area (Å²) in [5.74, 6) is -1.41. The Bertz CT molecular complexity index is 1380. The van der Waals surface area contributed by atoms with Crippen LogP contribution in [0.25, 0.3) is 10.2 Å².